The fourth-order valence-electron chi connectivity index (χ4n) is 4.12. The molecule has 0 aromatic heterocycles. The second kappa shape index (κ2) is 10.3. The molecule has 0 spiro atoms. The molecule has 8 nitrogen and oxygen atoms in total. The molecule has 34 heavy (non-hydrogen) atoms. The quantitative estimate of drug-likeness (QED) is 0.653. The van der Waals surface area contributed by atoms with Crippen molar-refractivity contribution in [2.24, 2.45) is 0 Å². The summed E-state index contributed by atoms with van der Waals surface area (Å²) in [7, 11) is 2.85. The minimum Gasteiger partial charge on any atom is -0.467 e. The van der Waals surface area contributed by atoms with Crippen LogP contribution in [-0.2, 0) is 29.4 Å². The standard InChI is InChI=1S/C26H32N2O6/c1-25(2,3)34-24(31)27-16-22(29)28-17-26(33-5,15-21(28)23(30)32-4)20-13-11-19(12-14-20)18-9-7-6-8-10-18/h6-14,21H,15-17H2,1-5H3,(H,27,31)/t21-,26-/m0/s1. The Hall–Kier alpha value is -3.39. The van der Waals surface area contributed by atoms with Crippen molar-refractivity contribution in [1.29, 1.82) is 0 Å². The smallest absolute Gasteiger partial charge is 0.408 e. The number of rotatable bonds is 6. The fraction of sp³-hybridized carbons (Fsp3) is 0.423. The van der Waals surface area contributed by atoms with Gasteiger partial charge in [0.1, 0.15) is 23.8 Å². The van der Waals surface area contributed by atoms with E-state index in [-0.39, 0.29) is 19.5 Å². The van der Waals surface area contributed by atoms with Crippen molar-refractivity contribution in [3.8, 4) is 11.1 Å². The van der Waals surface area contributed by atoms with E-state index in [0.29, 0.717) is 0 Å². The molecule has 182 valence electrons. The number of carbonyl (C=O) groups is 3. The summed E-state index contributed by atoms with van der Waals surface area (Å²) in [6.45, 7) is 5.03. The van der Waals surface area contributed by atoms with Crippen molar-refractivity contribution in [2.45, 2.75) is 44.4 Å². The summed E-state index contributed by atoms with van der Waals surface area (Å²) >= 11 is 0. The SMILES string of the molecule is COC(=O)[C@@H]1C[C@@](OC)(c2ccc(-c3ccccc3)cc2)CN1C(=O)CNC(=O)OC(C)(C)C. The minimum absolute atomic E-state index is 0.142. The van der Waals surface area contributed by atoms with Gasteiger partial charge in [-0.25, -0.2) is 9.59 Å². The van der Waals surface area contributed by atoms with Crippen molar-refractivity contribution in [3.05, 3.63) is 60.2 Å². The Labute approximate surface area is 200 Å². The van der Waals surface area contributed by atoms with Gasteiger partial charge in [-0.15, -0.1) is 0 Å². The van der Waals surface area contributed by atoms with Gasteiger partial charge in [-0.2, -0.15) is 0 Å². The molecule has 0 unspecified atom stereocenters. The van der Waals surface area contributed by atoms with Gasteiger partial charge in [-0.05, 0) is 37.5 Å². The number of esters is 1. The van der Waals surface area contributed by atoms with Crippen LogP contribution in [0.4, 0.5) is 4.79 Å². The summed E-state index contributed by atoms with van der Waals surface area (Å²) in [6, 6.07) is 17.0. The molecule has 0 radical (unpaired) electrons. The fourth-order valence-corrected chi connectivity index (χ4v) is 4.12. The van der Waals surface area contributed by atoms with E-state index >= 15 is 0 Å². The normalized spacial score (nSPS) is 20.0. The number of amides is 2. The van der Waals surface area contributed by atoms with E-state index in [4.69, 9.17) is 14.2 Å². The van der Waals surface area contributed by atoms with E-state index in [0.717, 1.165) is 16.7 Å². The number of alkyl carbamates (subject to hydrolysis) is 1. The third-order valence-electron chi connectivity index (χ3n) is 5.81. The molecule has 2 amide bonds. The van der Waals surface area contributed by atoms with E-state index in [1.807, 2.05) is 54.6 Å². The van der Waals surface area contributed by atoms with Crippen molar-refractivity contribution in [1.82, 2.24) is 10.2 Å². The van der Waals surface area contributed by atoms with Crippen LogP contribution in [0.15, 0.2) is 54.6 Å². The first-order chi connectivity index (χ1) is 16.1. The average Bonchev–Trinajstić information content (AvgIpc) is 3.23. The highest BCUT2D eigenvalue weighted by Crippen LogP contribution is 2.40. The monoisotopic (exact) mass is 468 g/mol. The highest BCUT2D eigenvalue weighted by Gasteiger charge is 2.50. The number of ether oxygens (including phenoxy) is 3. The molecule has 1 heterocycles. The predicted molar refractivity (Wildman–Crippen MR) is 127 cm³/mol. The first kappa shape index (κ1) is 25.2. The van der Waals surface area contributed by atoms with Crippen LogP contribution in [0.2, 0.25) is 0 Å². The Balaban J connectivity index is 1.80. The van der Waals surface area contributed by atoms with Crippen molar-refractivity contribution < 1.29 is 28.6 Å². The number of nitrogens with zero attached hydrogens (tertiary/aromatic N) is 1. The van der Waals surface area contributed by atoms with Crippen LogP contribution in [0.25, 0.3) is 11.1 Å². The third kappa shape index (κ3) is 5.75. The maximum atomic E-state index is 13.0. The zero-order valence-corrected chi connectivity index (χ0v) is 20.3. The number of hydrogen-bond donors (Lipinski definition) is 1. The van der Waals surface area contributed by atoms with Crippen LogP contribution in [0.1, 0.15) is 32.8 Å². The molecule has 1 aliphatic rings. The van der Waals surface area contributed by atoms with Gasteiger partial charge in [0.15, 0.2) is 0 Å². The van der Waals surface area contributed by atoms with Gasteiger partial charge in [0.2, 0.25) is 5.91 Å². The molecule has 0 aliphatic carbocycles. The summed E-state index contributed by atoms with van der Waals surface area (Å²) < 4.78 is 16.1. The Morgan fingerprint density at radius 2 is 1.62 bits per heavy atom. The number of carbonyl (C=O) groups excluding carboxylic acids is 3. The van der Waals surface area contributed by atoms with Crippen molar-refractivity contribution in [2.75, 3.05) is 27.3 Å². The van der Waals surface area contributed by atoms with Gasteiger partial charge in [-0.1, -0.05) is 54.6 Å². The highest BCUT2D eigenvalue weighted by molar-refractivity contribution is 5.88. The van der Waals surface area contributed by atoms with E-state index in [1.54, 1.807) is 27.9 Å². The van der Waals surface area contributed by atoms with Crippen LogP contribution in [-0.4, -0.2) is 61.8 Å². The molecule has 2 aromatic carbocycles. The Morgan fingerprint density at radius 1 is 1.00 bits per heavy atom. The number of hydrogen-bond acceptors (Lipinski definition) is 6. The largest absolute Gasteiger partial charge is 0.467 e. The summed E-state index contributed by atoms with van der Waals surface area (Å²) in [6.07, 6.45) is -0.469. The second-order valence-electron chi connectivity index (χ2n) is 9.26. The van der Waals surface area contributed by atoms with Crippen LogP contribution < -0.4 is 5.32 Å². The van der Waals surface area contributed by atoms with Crippen molar-refractivity contribution in [3.63, 3.8) is 0 Å². The molecule has 2 atom stereocenters. The summed E-state index contributed by atoms with van der Waals surface area (Å²) in [5.41, 5.74) is 1.40. The topological polar surface area (TPSA) is 94.2 Å². The summed E-state index contributed by atoms with van der Waals surface area (Å²) in [4.78, 5) is 38.9. The van der Waals surface area contributed by atoms with E-state index < -0.39 is 35.2 Å². The zero-order chi connectivity index (χ0) is 24.9. The highest BCUT2D eigenvalue weighted by atomic mass is 16.6. The molecule has 1 aliphatic heterocycles. The molecular weight excluding hydrogens is 436 g/mol. The van der Waals surface area contributed by atoms with E-state index in [2.05, 4.69) is 5.32 Å². The first-order valence-corrected chi connectivity index (χ1v) is 11.1. The Kier molecular flexibility index (Phi) is 7.61. The van der Waals surface area contributed by atoms with Gasteiger partial charge in [0, 0.05) is 13.5 Å². The Bertz CT molecular complexity index is 1020. The molecule has 1 fully saturated rings. The third-order valence-corrected chi connectivity index (χ3v) is 5.81. The lowest BCUT2D eigenvalue weighted by molar-refractivity contribution is -0.150. The number of nitrogens with one attached hydrogen (secondary N) is 1. The summed E-state index contributed by atoms with van der Waals surface area (Å²) in [5, 5.41) is 2.46. The van der Waals surface area contributed by atoms with Gasteiger partial charge < -0.3 is 24.4 Å². The maximum Gasteiger partial charge on any atom is 0.408 e. The van der Waals surface area contributed by atoms with Crippen LogP contribution in [0, 0.1) is 0 Å². The van der Waals surface area contributed by atoms with E-state index in [1.165, 1.54) is 12.0 Å². The van der Waals surface area contributed by atoms with Gasteiger partial charge in [0.05, 0.1) is 13.7 Å². The Morgan fingerprint density at radius 3 is 2.18 bits per heavy atom. The number of benzene rings is 2. The molecule has 3 rings (SSSR count). The van der Waals surface area contributed by atoms with Crippen LogP contribution in [0.3, 0.4) is 0 Å². The second-order valence-corrected chi connectivity index (χ2v) is 9.26. The minimum atomic E-state index is -0.893. The van der Waals surface area contributed by atoms with Crippen LogP contribution >= 0.6 is 0 Å². The lowest BCUT2D eigenvalue weighted by atomic mass is 9.89. The molecule has 2 aromatic rings. The summed E-state index contributed by atoms with van der Waals surface area (Å²) in [5.74, 6) is -0.966. The van der Waals surface area contributed by atoms with Crippen molar-refractivity contribution >= 4 is 18.0 Å². The van der Waals surface area contributed by atoms with Gasteiger partial charge in [-0.3, -0.25) is 4.79 Å². The lowest BCUT2D eigenvalue weighted by Gasteiger charge is -2.28. The average molecular weight is 469 g/mol. The zero-order valence-electron chi connectivity index (χ0n) is 20.3. The number of methoxy groups -OCH3 is 2. The maximum absolute atomic E-state index is 13.0. The number of likely N-dealkylation sites (tertiary alicyclic amines) is 1. The lowest BCUT2D eigenvalue weighted by Crippen LogP contribution is -2.47. The van der Waals surface area contributed by atoms with E-state index in [9.17, 15) is 14.4 Å². The molecule has 1 saturated heterocycles. The van der Waals surface area contributed by atoms with Crippen LogP contribution in [0.5, 0.6) is 0 Å². The predicted octanol–water partition coefficient (Wildman–Crippen LogP) is 3.49. The molecule has 1 N–H and O–H groups in total. The first-order valence-electron chi connectivity index (χ1n) is 11.1. The molecule has 8 heteroatoms. The molecular formula is C26H32N2O6. The molecule has 0 bridgehead atoms. The van der Waals surface area contributed by atoms with Gasteiger partial charge in [0.25, 0.3) is 0 Å². The molecule has 0 saturated carbocycles. The van der Waals surface area contributed by atoms with Gasteiger partial charge >= 0.3 is 12.1 Å².